The Morgan fingerprint density at radius 1 is 1.00 bits per heavy atom. The summed E-state index contributed by atoms with van der Waals surface area (Å²) in [6, 6.07) is 14.9. The van der Waals surface area contributed by atoms with Crippen LogP contribution in [0.25, 0.3) is 0 Å². The second-order valence-corrected chi connectivity index (χ2v) is 5.31. The first-order chi connectivity index (χ1) is 10.6. The molecule has 4 N–H and O–H groups in total. The average molecular weight is 297 g/mol. The number of carbonyl (C=O) groups excluding carboxylic acids is 1. The fraction of sp³-hybridized carbons (Fsp3) is 0.278. The van der Waals surface area contributed by atoms with E-state index in [9.17, 15) is 4.79 Å². The van der Waals surface area contributed by atoms with Gasteiger partial charge in [-0.05, 0) is 30.7 Å². The molecule has 0 radical (unpaired) electrons. The van der Waals surface area contributed by atoms with E-state index in [0.29, 0.717) is 23.5 Å². The lowest BCUT2D eigenvalue weighted by Gasteiger charge is -2.24. The van der Waals surface area contributed by atoms with Crippen molar-refractivity contribution < 1.29 is 4.79 Å². The summed E-state index contributed by atoms with van der Waals surface area (Å²) < 4.78 is 0. The molecule has 0 aliphatic heterocycles. The number of anilines is 3. The summed E-state index contributed by atoms with van der Waals surface area (Å²) in [6.07, 6.45) is 3.15. The van der Waals surface area contributed by atoms with E-state index in [2.05, 4.69) is 6.92 Å². The molecule has 0 unspecified atom stereocenters. The highest BCUT2D eigenvalue weighted by atomic mass is 16.2. The third-order valence-corrected chi connectivity index (χ3v) is 3.67. The predicted octanol–water partition coefficient (Wildman–Crippen LogP) is 3.69. The lowest BCUT2D eigenvalue weighted by atomic mass is 10.1. The summed E-state index contributed by atoms with van der Waals surface area (Å²) in [5, 5.41) is 0. The van der Waals surface area contributed by atoms with Crippen LogP contribution in [0.4, 0.5) is 17.1 Å². The van der Waals surface area contributed by atoms with Crippen LogP contribution in [0.2, 0.25) is 0 Å². The first-order valence-electron chi connectivity index (χ1n) is 7.66. The first kappa shape index (κ1) is 15.9. The van der Waals surface area contributed by atoms with Crippen molar-refractivity contribution in [1.82, 2.24) is 0 Å². The molecule has 116 valence electrons. The van der Waals surface area contributed by atoms with Crippen molar-refractivity contribution in [2.45, 2.75) is 26.2 Å². The number of nitrogens with zero attached hydrogens (tertiary/aromatic N) is 1. The second-order valence-electron chi connectivity index (χ2n) is 5.31. The zero-order valence-electron chi connectivity index (χ0n) is 13.0. The molecule has 22 heavy (non-hydrogen) atoms. The number of para-hydroxylation sites is 2. The summed E-state index contributed by atoms with van der Waals surface area (Å²) in [5.41, 5.74) is 13.9. The highest BCUT2D eigenvalue weighted by Gasteiger charge is 2.20. The quantitative estimate of drug-likeness (QED) is 0.631. The molecule has 1 amide bonds. The molecule has 0 heterocycles. The summed E-state index contributed by atoms with van der Waals surface area (Å²) in [4.78, 5) is 14.7. The van der Waals surface area contributed by atoms with Crippen LogP contribution in [0, 0.1) is 0 Å². The monoisotopic (exact) mass is 297 g/mol. The van der Waals surface area contributed by atoms with Crippen LogP contribution in [0.15, 0.2) is 48.5 Å². The SMILES string of the molecule is CCCCCN(C(=O)c1cccc(N)c1N)c1ccccc1. The van der Waals surface area contributed by atoms with Crippen LogP contribution in [0.5, 0.6) is 0 Å². The third-order valence-electron chi connectivity index (χ3n) is 3.67. The molecule has 0 saturated heterocycles. The summed E-state index contributed by atoms with van der Waals surface area (Å²) in [7, 11) is 0. The second kappa shape index (κ2) is 7.50. The molecule has 0 spiro atoms. The highest BCUT2D eigenvalue weighted by Crippen LogP contribution is 2.24. The molecule has 2 rings (SSSR count). The number of amides is 1. The van der Waals surface area contributed by atoms with Gasteiger partial charge in [-0.1, -0.05) is 44.0 Å². The minimum absolute atomic E-state index is 0.105. The first-order valence-corrected chi connectivity index (χ1v) is 7.66. The molecule has 0 aliphatic carbocycles. The van der Waals surface area contributed by atoms with Crippen molar-refractivity contribution >= 4 is 23.0 Å². The van der Waals surface area contributed by atoms with Gasteiger partial charge >= 0.3 is 0 Å². The molecular weight excluding hydrogens is 274 g/mol. The van der Waals surface area contributed by atoms with E-state index in [0.717, 1.165) is 24.9 Å². The van der Waals surface area contributed by atoms with Gasteiger partial charge in [0.25, 0.3) is 5.91 Å². The fourth-order valence-electron chi connectivity index (χ4n) is 2.39. The highest BCUT2D eigenvalue weighted by molar-refractivity contribution is 6.10. The van der Waals surface area contributed by atoms with Gasteiger partial charge in [0.05, 0.1) is 16.9 Å². The third kappa shape index (κ3) is 3.58. The molecule has 2 aromatic carbocycles. The minimum Gasteiger partial charge on any atom is -0.397 e. The van der Waals surface area contributed by atoms with Gasteiger partial charge < -0.3 is 16.4 Å². The van der Waals surface area contributed by atoms with Crippen molar-refractivity contribution in [3.05, 3.63) is 54.1 Å². The molecule has 0 fully saturated rings. The van der Waals surface area contributed by atoms with E-state index in [4.69, 9.17) is 11.5 Å². The number of unbranched alkanes of at least 4 members (excludes halogenated alkanes) is 2. The molecule has 4 heteroatoms. The van der Waals surface area contributed by atoms with Crippen LogP contribution in [-0.4, -0.2) is 12.5 Å². The standard InChI is InChI=1S/C18H23N3O/c1-2-3-7-13-21(14-9-5-4-6-10-14)18(22)15-11-8-12-16(19)17(15)20/h4-6,8-12H,2-3,7,13,19-20H2,1H3. The smallest absolute Gasteiger partial charge is 0.260 e. The van der Waals surface area contributed by atoms with Gasteiger partial charge in [-0.2, -0.15) is 0 Å². The number of carbonyl (C=O) groups is 1. The minimum atomic E-state index is -0.105. The van der Waals surface area contributed by atoms with Gasteiger partial charge in [0.15, 0.2) is 0 Å². The maximum absolute atomic E-state index is 12.9. The zero-order valence-corrected chi connectivity index (χ0v) is 13.0. The predicted molar refractivity (Wildman–Crippen MR) is 92.9 cm³/mol. The summed E-state index contributed by atoms with van der Waals surface area (Å²) >= 11 is 0. The topological polar surface area (TPSA) is 72.3 Å². The van der Waals surface area contributed by atoms with E-state index >= 15 is 0 Å². The van der Waals surface area contributed by atoms with E-state index in [1.807, 2.05) is 30.3 Å². The Morgan fingerprint density at radius 2 is 1.73 bits per heavy atom. The maximum atomic E-state index is 12.9. The Kier molecular flexibility index (Phi) is 5.42. The van der Waals surface area contributed by atoms with Crippen LogP contribution < -0.4 is 16.4 Å². The molecule has 4 nitrogen and oxygen atoms in total. The van der Waals surface area contributed by atoms with Gasteiger partial charge in [-0.15, -0.1) is 0 Å². The number of rotatable bonds is 6. The van der Waals surface area contributed by atoms with Crippen molar-refractivity contribution in [2.75, 3.05) is 22.9 Å². The zero-order chi connectivity index (χ0) is 15.9. The largest absolute Gasteiger partial charge is 0.397 e. The Hall–Kier alpha value is -2.49. The Bertz CT molecular complexity index is 625. The van der Waals surface area contributed by atoms with Gasteiger partial charge in [-0.3, -0.25) is 4.79 Å². The van der Waals surface area contributed by atoms with E-state index < -0.39 is 0 Å². The molecule has 0 aromatic heterocycles. The molecule has 0 saturated carbocycles. The molecule has 0 bridgehead atoms. The van der Waals surface area contributed by atoms with Gasteiger partial charge in [0, 0.05) is 12.2 Å². The van der Waals surface area contributed by atoms with Crippen molar-refractivity contribution in [2.24, 2.45) is 0 Å². The Balaban J connectivity index is 2.31. The molecule has 0 aliphatic rings. The van der Waals surface area contributed by atoms with Crippen LogP contribution in [0.3, 0.4) is 0 Å². The maximum Gasteiger partial charge on any atom is 0.260 e. The lowest BCUT2D eigenvalue weighted by Crippen LogP contribution is -2.32. The number of hydrogen-bond donors (Lipinski definition) is 2. The average Bonchev–Trinajstić information content (AvgIpc) is 2.54. The molecule has 0 atom stereocenters. The van der Waals surface area contributed by atoms with Gasteiger partial charge in [0.1, 0.15) is 0 Å². The number of nitrogens with two attached hydrogens (primary N) is 2. The summed E-state index contributed by atoms with van der Waals surface area (Å²) in [6.45, 7) is 2.81. The van der Waals surface area contributed by atoms with Crippen molar-refractivity contribution in [3.63, 3.8) is 0 Å². The molecular formula is C18H23N3O. The molecule has 2 aromatic rings. The van der Waals surface area contributed by atoms with Gasteiger partial charge in [0.2, 0.25) is 0 Å². The van der Waals surface area contributed by atoms with Crippen LogP contribution >= 0.6 is 0 Å². The normalized spacial score (nSPS) is 10.4. The number of hydrogen-bond acceptors (Lipinski definition) is 3. The van der Waals surface area contributed by atoms with Crippen molar-refractivity contribution in [3.8, 4) is 0 Å². The fourth-order valence-corrected chi connectivity index (χ4v) is 2.39. The van der Waals surface area contributed by atoms with Crippen molar-refractivity contribution in [1.29, 1.82) is 0 Å². The van der Waals surface area contributed by atoms with Crippen LogP contribution in [0.1, 0.15) is 36.5 Å². The number of benzene rings is 2. The van der Waals surface area contributed by atoms with Crippen LogP contribution in [-0.2, 0) is 0 Å². The van der Waals surface area contributed by atoms with Gasteiger partial charge in [-0.25, -0.2) is 0 Å². The number of nitrogen functional groups attached to an aromatic ring is 2. The summed E-state index contributed by atoms with van der Waals surface area (Å²) in [5.74, 6) is -0.105. The van der Waals surface area contributed by atoms with E-state index in [-0.39, 0.29) is 5.91 Å². The Morgan fingerprint density at radius 3 is 2.41 bits per heavy atom. The van der Waals surface area contributed by atoms with E-state index in [1.165, 1.54) is 0 Å². The Labute approximate surface area is 131 Å². The lowest BCUT2D eigenvalue weighted by molar-refractivity contribution is 0.0987. The van der Waals surface area contributed by atoms with E-state index in [1.54, 1.807) is 23.1 Å².